The Morgan fingerprint density at radius 1 is 1.17 bits per heavy atom. The van der Waals surface area contributed by atoms with E-state index in [0.717, 1.165) is 13.0 Å². The Morgan fingerprint density at radius 3 is 2.38 bits per heavy atom. The van der Waals surface area contributed by atoms with Crippen molar-refractivity contribution in [2.75, 3.05) is 26.2 Å². The van der Waals surface area contributed by atoms with E-state index in [2.05, 4.69) is 24.1 Å². The summed E-state index contributed by atoms with van der Waals surface area (Å²) >= 11 is 0. The van der Waals surface area contributed by atoms with Gasteiger partial charge in [-0.2, -0.15) is 0 Å². The molecule has 7 heteroatoms. The second kappa shape index (κ2) is 8.86. The van der Waals surface area contributed by atoms with Crippen LogP contribution in [0, 0.1) is 0 Å². The molecule has 0 aromatic heterocycles. The number of hydrogen-bond acceptors (Lipinski definition) is 5. The Balaban J connectivity index is 1.57. The highest BCUT2D eigenvalue weighted by molar-refractivity contribution is 6.07. The number of nitrogens with zero attached hydrogens (tertiary/aromatic N) is 2. The zero-order chi connectivity index (χ0) is 21.2. The van der Waals surface area contributed by atoms with Gasteiger partial charge in [0, 0.05) is 63.6 Å². The van der Waals surface area contributed by atoms with Gasteiger partial charge in [-0.15, -0.1) is 0 Å². The van der Waals surface area contributed by atoms with Gasteiger partial charge in [0.1, 0.15) is 5.60 Å². The number of hydrogen-bond donors (Lipinski definition) is 1. The highest BCUT2D eigenvalue weighted by atomic mass is 16.6. The molecule has 0 saturated carbocycles. The van der Waals surface area contributed by atoms with Gasteiger partial charge in [0.2, 0.25) is 5.91 Å². The van der Waals surface area contributed by atoms with E-state index < -0.39 is 11.6 Å². The van der Waals surface area contributed by atoms with Gasteiger partial charge in [0.15, 0.2) is 0 Å². The molecule has 162 valence electrons. The molecule has 0 aromatic carbocycles. The first-order valence-electron chi connectivity index (χ1n) is 11.0. The molecule has 3 aliphatic heterocycles. The van der Waals surface area contributed by atoms with Crippen molar-refractivity contribution < 1.29 is 19.1 Å². The quantitative estimate of drug-likeness (QED) is 0.559. The van der Waals surface area contributed by atoms with Crippen LogP contribution in [0.15, 0.2) is 11.1 Å². The highest BCUT2D eigenvalue weighted by Gasteiger charge is 2.51. The number of carbonyl (C=O) groups excluding carboxylic acids is 3. The van der Waals surface area contributed by atoms with Crippen molar-refractivity contribution in [3.8, 4) is 0 Å². The van der Waals surface area contributed by atoms with E-state index in [-0.39, 0.29) is 11.8 Å². The summed E-state index contributed by atoms with van der Waals surface area (Å²) in [7, 11) is 0. The maximum absolute atomic E-state index is 13.0. The molecule has 3 aliphatic rings. The minimum atomic E-state index is -0.882. The zero-order valence-electron chi connectivity index (χ0n) is 18.3. The molecule has 2 atom stereocenters. The number of amides is 2. The van der Waals surface area contributed by atoms with Crippen molar-refractivity contribution in [3.05, 3.63) is 11.1 Å². The van der Waals surface area contributed by atoms with Gasteiger partial charge in [0.25, 0.3) is 5.91 Å². The largest absolute Gasteiger partial charge is 0.450 e. The van der Waals surface area contributed by atoms with Crippen LogP contribution in [0.25, 0.3) is 0 Å². The third-order valence-corrected chi connectivity index (χ3v) is 6.92. The van der Waals surface area contributed by atoms with Gasteiger partial charge in [0.05, 0.1) is 5.57 Å². The van der Waals surface area contributed by atoms with Gasteiger partial charge in [-0.25, -0.2) is 4.79 Å². The number of nitrogens with one attached hydrogen (secondary N) is 1. The van der Waals surface area contributed by atoms with Crippen LogP contribution in [0.4, 0.5) is 0 Å². The molecule has 0 radical (unpaired) electrons. The SMILES string of the molecule is CC(=O)N1CCC2(CC1)OC(=O)C(C)=C2C(=O)NCCCN1[C@@H](C)CCC[C@@H]1C. The molecule has 0 aromatic rings. The Morgan fingerprint density at radius 2 is 1.79 bits per heavy atom. The molecule has 0 bridgehead atoms. The van der Waals surface area contributed by atoms with Gasteiger partial charge >= 0.3 is 5.97 Å². The second-order valence-electron chi connectivity index (χ2n) is 8.87. The lowest BCUT2D eigenvalue weighted by atomic mass is 9.82. The van der Waals surface area contributed by atoms with Crippen molar-refractivity contribution in [3.63, 3.8) is 0 Å². The van der Waals surface area contributed by atoms with Crippen LogP contribution in [0.1, 0.15) is 66.2 Å². The molecule has 1 N–H and O–H groups in total. The van der Waals surface area contributed by atoms with Crippen molar-refractivity contribution in [1.29, 1.82) is 0 Å². The summed E-state index contributed by atoms with van der Waals surface area (Å²) in [6.45, 7) is 10.3. The first-order valence-corrected chi connectivity index (χ1v) is 11.0. The van der Waals surface area contributed by atoms with Crippen LogP contribution in [0.2, 0.25) is 0 Å². The summed E-state index contributed by atoms with van der Waals surface area (Å²) in [4.78, 5) is 41.1. The van der Waals surface area contributed by atoms with Crippen LogP contribution in [0.3, 0.4) is 0 Å². The first-order chi connectivity index (χ1) is 13.7. The average molecular weight is 406 g/mol. The average Bonchev–Trinajstić information content (AvgIpc) is 2.90. The number of carbonyl (C=O) groups is 3. The van der Waals surface area contributed by atoms with Gasteiger partial charge < -0.3 is 15.0 Å². The van der Waals surface area contributed by atoms with Gasteiger partial charge in [-0.05, 0) is 40.0 Å². The lowest BCUT2D eigenvalue weighted by Gasteiger charge is -2.39. The van der Waals surface area contributed by atoms with Crippen LogP contribution >= 0.6 is 0 Å². The maximum atomic E-state index is 13.0. The van der Waals surface area contributed by atoms with Gasteiger partial charge in [-0.3, -0.25) is 14.5 Å². The molecule has 29 heavy (non-hydrogen) atoms. The molecule has 3 rings (SSSR count). The third-order valence-electron chi connectivity index (χ3n) is 6.92. The van der Waals surface area contributed by atoms with Gasteiger partial charge in [-0.1, -0.05) is 6.42 Å². The van der Waals surface area contributed by atoms with Crippen LogP contribution < -0.4 is 5.32 Å². The number of likely N-dealkylation sites (tertiary alicyclic amines) is 2. The Labute approximate surface area is 173 Å². The topological polar surface area (TPSA) is 78.9 Å². The molecule has 7 nitrogen and oxygen atoms in total. The van der Waals surface area contributed by atoms with Crippen molar-refractivity contribution >= 4 is 17.8 Å². The van der Waals surface area contributed by atoms with Crippen molar-refractivity contribution in [1.82, 2.24) is 15.1 Å². The summed E-state index contributed by atoms with van der Waals surface area (Å²) in [5.41, 5.74) is -0.0185. The highest BCUT2D eigenvalue weighted by Crippen LogP contribution is 2.41. The molecule has 2 saturated heterocycles. The lowest BCUT2D eigenvalue weighted by Crippen LogP contribution is -2.50. The molecule has 1 spiro atoms. The normalized spacial score (nSPS) is 27.3. The Hall–Kier alpha value is -1.89. The van der Waals surface area contributed by atoms with E-state index in [1.54, 1.807) is 11.8 Å². The molecule has 2 fully saturated rings. The fourth-order valence-electron chi connectivity index (χ4n) is 5.13. The van der Waals surface area contributed by atoms with E-state index >= 15 is 0 Å². The third kappa shape index (κ3) is 4.49. The minimum absolute atomic E-state index is 0.0112. The first kappa shape index (κ1) is 21.8. The molecule has 0 aliphatic carbocycles. The van der Waals surface area contributed by atoms with E-state index in [1.807, 2.05) is 0 Å². The Bertz CT molecular complexity index is 684. The van der Waals surface area contributed by atoms with E-state index in [9.17, 15) is 14.4 Å². The monoisotopic (exact) mass is 405 g/mol. The second-order valence-corrected chi connectivity index (χ2v) is 8.87. The van der Waals surface area contributed by atoms with E-state index in [0.29, 0.717) is 55.7 Å². The molecular weight excluding hydrogens is 370 g/mol. The zero-order valence-corrected chi connectivity index (χ0v) is 18.3. The number of esters is 1. The van der Waals surface area contributed by atoms with E-state index in [1.165, 1.54) is 26.2 Å². The summed E-state index contributed by atoms with van der Waals surface area (Å²) < 4.78 is 5.67. The summed E-state index contributed by atoms with van der Waals surface area (Å²) in [5, 5.41) is 3.01. The summed E-state index contributed by atoms with van der Waals surface area (Å²) in [6.07, 6.45) is 5.60. The maximum Gasteiger partial charge on any atom is 0.335 e. The standard InChI is InChI=1S/C22H35N3O4/c1-15-7-5-8-16(2)25(15)12-6-11-23-20(27)19-17(3)21(28)29-22(19)9-13-24(14-10-22)18(4)26/h15-16H,5-14H2,1-4H3,(H,23,27)/t15-,16-/m0/s1. The molecule has 0 unspecified atom stereocenters. The van der Waals surface area contributed by atoms with Crippen LogP contribution in [-0.2, 0) is 19.1 Å². The number of ether oxygens (including phenoxy) is 1. The number of piperidine rings is 2. The van der Waals surface area contributed by atoms with E-state index in [4.69, 9.17) is 4.74 Å². The van der Waals surface area contributed by atoms with Crippen molar-refractivity contribution in [2.45, 2.75) is 83.9 Å². The summed E-state index contributed by atoms with van der Waals surface area (Å²) in [6, 6.07) is 1.19. The van der Waals surface area contributed by atoms with Crippen LogP contribution in [-0.4, -0.2) is 71.4 Å². The molecular formula is C22H35N3O4. The molecule has 3 heterocycles. The summed E-state index contributed by atoms with van der Waals surface area (Å²) in [5.74, 6) is -0.608. The lowest BCUT2D eigenvalue weighted by molar-refractivity contribution is -0.152. The van der Waals surface area contributed by atoms with Crippen LogP contribution in [0.5, 0.6) is 0 Å². The number of rotatable bonds is 5. The smallest absolute Gasteiger partial charge is 0.335 e. The Kier molecular flexibility index (Phi) is 6.66. The molecule has 2 amide bonds. The minimum Gasteiger partial charge on any atom is -0.450 e. The predicted molar refractivity (Wildman–Crippen MR) is 110 cm³/mol. The van der Waals surface area contributed by atoms with Crippen molar-refractivity contribution in [2.24, 2.45) is 0 Å². The fraction of sp³-hybridized carbons (Fsp3) is 0.773. The fourth-order valence-corrected chi connectivity index (χ4v) is 5.13. The predicted octanol–water partition coefficient (Wildman–Crippen LogP) is 2.01.